The minimum absolute atomic E-state index is 0.154. The van der Waals surface area contributed by atoms with E-state index >= 15 is 0 Å². The second-order valence-electron chi connectivity index (χ2n) is 9.27. The molecule has 1 spiro atoms. The van der Waals surface area contributed by atoms with Gasteiger partial charge in [0.05, 0.1) is 17.3 Å². The predicted molar refractivity (Wildman–Crippen MR) is 140 cm³/mol. The Hall–Kier alpha value is -3.70. The molecule has 186 valence electrons. The summed E-state index contributed by atoms with van der Waals surface area (Å²) in [6, 6.07) is 22.5. The molecular weight excluding hydrogens is 511 g/mol. The summed E-state index contributed by atoms with van der Waals surface area (Å²) >= 11 is 12.4. The highest BCUT2D eigenvalue weighted by molar-refractivity contribution is 6.36. The maximum absolute atomic E-state index is 14.3. The van der Waals surface area contributed by atoms with Crippen LogP contribution in [-0.2, 0) is 16.1 Å². The first-order valence-electron chi connectivity index (χ1n) is 11.7. The topological polar surface area (TPSA) is 84.7 Å². The first-order valence-corrected chi connectivity index (χ1v) is 12.4. The number of likely N-dealkylation sites (tertiary alicyclic amines) is 1. The molecule has 0 bridgehead atoms. The lowest BCUT2D eigenvalue weighted by molar-refractivity contribution is -0.136. The van der Waals surface area contributed by atoms with Crippen LogP contribution >= 0.6 is 23.2 Å². The molecular formula is C28H22Cl2N4O3. The first kappa shape index (κ1) is 25.0. The zero-order valence-corrected chi connectivity index (χ0v) is 21.4. The zero-order chi connectivity index (χ0) is 26.3. The van der Waals surface area contributed by atoms with Crippen LogP contribution in [0.5, 0.6) is 0 Å². The van der Waals surface area contributed by atoms with E-state index in [1.54, 1.807) is 24.3 Å². The third kappa shape index (κ3) is 4.27. The smallest absolute Gasteiger partial charge is 0.295 e. The molecule has 0 unspecified atom stereocenters. The summed E-state index contributed by atoms with van der Waals surface area (Å²) in [5.41, 5.74) is 0.997. The number of imide groups is 2. The predicted octanol–water partition coefficient (Wildman–Crippen LogP) is 5.22. The number of carbonyl (C=O) groups excluding carboxylic acids is 3. The van der Waals surface area contributed by atoms with E-state index in [0.717, 1.165) is 20.9 Å². The Bertz CT molecular complexity index is 1420. The Morgan fingerprint density at radius 2 is 1.68 bits per heavy atom. The summed E-state index contributed by atoms with van der Waals surface area (Å²) in [5, 5.41) is 9.79. The van der Waals surface area contributed by atoms with E-state index in [1.807, 2.05) is 30.3 Å². The number of halogens is 2. The molecule has 9 heteroatoms. The molecule has 2 atom stereocenters. The van der Waals surface area contributed by atoms with Gasteiger partial charge in [0.2, 0.25) is 5.91 Å². The summed E-state index contributed by atoms with van der Waals surface area (Å²) in [4.78, 5) is 45.3. The molecule has 5 rings (SSSR count). The van der Waals surface area contributed by atoms with Gasteiger partial charge >= 0.3 is 6.03 Å². The number of hydrogen-bond acceptors (Lipinski definition) is 5. The fourth-order valence-electron chi connectivity index (χ4n) is 5.46. The number of hydrogen-bond donors (Lipinski definition) is 0. The van der Waals surface area contributed by atoms with Crippen molar-refractivity contribution in [3.05, 3.63) is 99.5 Å². The second-order valence-corrected chi connectivity index (χ2v) is 10.1. The molecule has 0 radical (unpaired) electrons. The maximum atomic E-state index is 14.3. The van der Waals surface area contributed by atoms with Crippen molar-refractivity contribution < 1.29 is 14.4 Å². The standard InChI is InChI=1S/C28H22Cl2N4O3/c1-18(35)34-27(37)33(24-12-22(29)11-23(30)13-24)26(36)28(34)17-32(15-20-5-3-2-4-6-20)16-25(28)21-9-7-19(14-31)8-10-21/h2-13,25H,15-17H2,1H3/t25-,28+/m0/s1. The van der Waals surface area contributed by atoms with Crippen molar-refractivity contribution in [2.75, 3.05) is 18.0 Å². The molecule has 0 saturated carbocycles. The summed E-state index contributed by atoms with van der Waals surface area (Å²) in [6.45, 7) is 2.40. The number of amides is 4. The Labute approximate surface area is 224 Å². The van der Waals surface area contributed by atoms with Crippen molar-refractivity contribution in [2.24, 2.45) is 0 Å². The van der Waals surface area contributed by atoms with Crippen LogP contribution in [0.15, 0.2) is 72.8 Å². The van der Waals surface area contributed by atoms with E-state index in [-0.39, 0.29) is 22.3 Å². The zero-order valence-electron chi connectivity index (χ0n) is 19.9. The number of benzene rings is 3. The molecule has 37 heavy (non-hydrogen) atoms. The van der Waals surface area contributed by atoms with Crippen LogP contribution in [0.2, 0.25) is 10.0 Å². The van der Waals surface area contributed by atoms with E-state index in [4.69, 9.17) is 23.2 Å². The molecule has 3 aromatic carbocycles. The van der Waals surface area contributed by atoms with E-state index in [9.17, 15) is 19.6 Å². The normalized spacial score (nSPS) is 21.6. The van der Waals surface area contributed by atoms with E-state index < -0.39 is 29.3 Å². The van der Waals surface area contributed by atoms with Crippen LogP contribution in [-0.4, -0.2) is 46.3 Å². The second kappa shape index (κ2) is 9.64. The van der Waals surface area contributed by atoms with Gasteiger partial charge in [-0.15, -0.1) is 0 Å². The van der Waals surface area contributed by atoms with Gasteiger partial charge in [0.15, 0.2) is 5.54 Å². The molecule has 2 aliphatic heterocycles. The highest BCUT2D eigenvalue weighted by Crippen LogP contribution is 2.47. The SMILES string of the molecule is CC(=O)N1C(=O)N(c2cc(Cl)cc(Cl)c2)C(=O)[C@]12CN(Cc1ccccc1)C[C@H]2c1ccc(C#N)cc1. The fraction of sp³-hybridized carbons (Fsp3) is 0.214. The average Bonchev–Trinajstić information content (AvgIpc) is 3.33. The summed E-state index contributed by atoms with van der Waals surface area (Å²) in [5.74, 6) is -1.57. The third-order valence-electron chi connectivity index (χ3n) is 6.95. The lowest BCUT2D eigenvalue weighted by Crippen LogP contribution is -2.56. The minimum Gasteiger partial charge on any atom is -0.295 e. The molecule has 0 aromatic heterocycles. The molecule has 2 heterocycles. The summed E-state index contributed by atoms with van der Waals surface area (Å²) < 4.78 is 0. The molecule has 0 N–H and O–H groups in total. The largest absolute Gasteiger partial charge is 0.339 e. The Morgan fingerprint density at radius 1 is 1.03 bits per heavy atom. The molecule has 4 amide bonds. The van der Waals surface area contributed by atoms with Crippen LogP contribution in [0, 0.1) is 11.3 Å². The van der Waals surface area contributed by atoms with Crippen molar-refractivity contribution in [3.63, 3.8) is 0 Å². The monoisotopic (exact) mass is 532 g/mol. The van der Waals surface area contributed by atoms with Gasteiger partial charge in [0, 0.05) is 42.5 Å². The van der Waals surface area contributed by atoms with Crippen molar-refractivity contribution in [1.82, 2.24) is 9.80 Å². The number of anilines is 1. The molecule has 2 aliphatic rings. The van der Waals surface area contributed by atoms with Crippen LogP contribution in [0.4, 0.5) is 10.5 Å². The van der Waals surface area contributed by atoms with Crippen molar-refractivity contribution >= 4 is 46.7 Å². The quantitative estimate of drug-likeness (QED) is 0.430. The van der Waals surface area contributed by atoms with Crippen LogP contribution in [0.25, 0.3) is 0 Å². The Morgan fingerprint density at radius 3 is 2.27 bits per heavy atom. The number of rotatable bonds is 4. The molecule has 2 fully saturated rings. The van der Waals surface area contributed by atoms with Crippen molar-refractivity contribution in [2.45, 2.75) is 24.9 Å². The van der Waals surface area contributed by atoms with Gasteiger partial charge in [-0.1, -0.05) is 65.7 Å². The third-order valence-corrected chi connectivity index (χ3v) is 7.38. The van der Waals surface area contributed by atoms with Crippen molar-refractivity contribution in [3.8, 4) is 6.07 Å². The molecule has 3 aromatic rings. The number of nitriles is 1. The molecule has 0 aliphatic carbocycles. The fourth-order valence-corrected chi connectivity index (χ4v) is 5.97. The molecule has 7 nitrogen and oxygen atoms in total. The lowest BCUT2D eigenvalue weighted by atomic mass is 9.80. The van der Waals surface area contributed by atoms with Crippen LogP contribution < -0.4 is 4.90 Å². The molecule has 2 saturated heterocycles. The van der Waals surface area contributed by atoms with Gasteiger partial charge in [-0.05, 0) is 41.5 Å². The van der Waals surface area contributed by atoms with Crippen molar-refractivity contribution in [1.29, 1.82) is 5.26 Å². The van der Waals surface area contributed by atoms with E-state index in [1.165, 1.54) is 25.1 Å². The van der Waals surface area contributed by atoms with Crippen LogP contribution in [0.1, 0.15) is 29.5 Å². The summed E-state index contributed by atoms with van der Waals surface area (Å²) in [7, 11) is 0. The Kier molecular flexibility index (Phi) is 6.50. The number of urea groups is 1. The average molecular weight is 533 g/mol. The van der Waals surface area contributed by atoms with Gasteiger partial charge in [-0.2, -0.15) is 5.26 Å². The highest BCUT2D eigenvalue weighted by atomic mass is 35.5. The first-order chi connectivity index (χ1) is 17.7. The van der Waals surface area contributed by atoms with E-state index in [0.29, 0.717) is 18.7 Å². The van der Waals surface area contributed by atoms with Gasteiger partial charge < -0.3 is 0 Å². The highest BCUT2D eigenvalue weighted by Gasteiger charge is 2.66. The lowest BCUT2D eigenvalue weighted by Gasteiger charge is -2.34. The Balaban J connectivity index is 1.65. The number of carbonyl (C=O) groups is 3. The summed E-state index contributed by atoms with van der Waals surface area (Å²) in [6.07, 6.45) is 0. The maximum Gasteiger partial charge on any atom is 0.339 e. The minimum atomic E-state index is -1.49. The van der Waals surface area contributed by atoms with Gasteiger partial charge in [0.1, 0.15) is 0 Å². The van der Waals surface area contributed by atoms with Crippen LogP contribution in [0.3, 0.4) is 0 Å². The van der Waals surface area contributed by atoms with Gasteiger partial charge in [-0.3, -0.25) is 14.5 Å². The van der Waals surface area contributed by atoms with Gasteiger partial charge in [-0.25, -0.2) is 14.6 Å². The van der Waals surface area contributed by atoms with E-state index in [2.05, 4.69) is 11.0 Å². The van der Waals surface area contributed by atoms with Gasteiger partial charge in [0.25, 0.3) is 5.91 Å². The number of nitrogens with zero attached hydrogens (tertiary/aromatic N) is 4.